The van der Waals surface area contributed by atoms with Gasteiger partial charge in [0.1, 0.15) is 5.82 Å². The molecule has 0 bridgehead atoms. The number of methoxy groups -OCH3 is 3. The van der Waals surface area contributed by atoms with Crippen LogP contribution >= 0.6 is 22.9 Å². The molecule has 12 aromatic rings. The molecule has 0 saturated heterocycles. The van der Waals surface area contributed by atoms with Gasteiger partial charge in [-0.25, -0.2) is 33.2 Å². The van der Waals surface area contributed by atoms with Crippen molar-refractivity contribution in [1.29, 1.82) is 5.26 Å². The quantitative estimate of drug-likeness (QED) is 0.0344. The number of anilines is 5. The lowest BCUT2D eigenvalue weighted by atomic mass is 9.85. The summed E-state index contributed by atoms with van der Waals surface area (Å²) < 4.78 is 33.5. The molecule has 0 radical (unpaired) electrons. The molecule has 632 valence electrons. The number of esters is 4. The number of pyridine rings is 1. The number of aromatic nitrogens is 6. The first-order chi connectivity index (χ1) is 57.5. The lowest BCUT2D eigenvalue weighted by Gasteiger charge is -2.20. The number of amides is 1. The van der Waals surface area contributed by atoms with Gasteiger partial charge >= 0.3 is 23.9 Å². The molecule has 0 saturated carbocycles. The molecule has 0 fully saturated rings. The predicted octanol–water partition coefficient (Wildman–Crippen LogP) is 20.5. The Balaban J connectivity index is 0.000000284. The Labute approximate surface area is 715 Å². The van der Waals surface area contributed by atoms with Crippen LogP contribution in [-0.2, 0) is 57.1 Å². The molecule has 0 aliphatic rings. The second-order valence-corrected chi connectivity index (χ2v) is 28.4. The Morgan fingerprint density at radius 2 is 0.975 bits per heavy atom. The first kappa shape index (κ1) is 99.3. The Morgan fingerprint density at radius 3 is 1.48 bits per heavy atom. The molecule has 1 amide bonds. The van der Waals surface area contributed by atoms with Crippen molar-refractivity contribution in [3.05, 3.63) is 307 Å². The number of halogens is 2. The number of rotatable bonds is 18. The molecule has 9 aromatic carbocycles. The molecule has 0 aliphatic heterocycles. The first-order valence-corrected chi connectivity index (χ1v) is 40.2. The highest BCUT2D eigenvalue weighted by molar-refractivity contribution is 7.07. The summed E-state index contributed by atoms with van der Waals surface area (Å²) in [5.41, 5.74) is 23.8. The predicted molar refractivity (Wildman–Crippen MR) is 487 cm³/mol. The molecule has 3 heterocycles. The van der Waals surface area contributed by atoms with Crippen molar-refractivity contribution < 1.29 is 47.3 Å². The number of benzene rings is 9. The van der Waals surface area contributed by atoms with Gasteiger partial charge in [0, 0.05) is 117 Å². The van der Waals surface area contributed by atoms with Crippen molar-refractivity contribution in [3.63, 3.8) is 0 Å². The number of hydrogen-bond acceptors (Lipinski definition) is 21. The summed E-state index contributed by atoms with van der Waals surface area (Å²) in [7, 11) is 17.0. The van der Waals surface area contributed by atoms with Crippen molar-refractivity contribution in [2.45, 2.75) is 100 Å². The van der Waals surface area contributed by atoms with Gasteiger partial charge in [-0.1, -0.05) is 114 Å². The van der Waals surface area contributed by atoms with Crippen LogP contribution in [0, 0.1) is 31.0 Å². The number of carbonyl (C=O) groups is 5. The van der Waals surface area contributed by atoms with E-state index in [0.717, 1.165) is 87.0 Å². The first-order valence-electron chi connectivity index (χ1n) is 38.8. The summed E-state index contributed by atoms with van der Waals surface area (Å²) in [6.45, 7) is 20.5. The van der Waals surface area contributed by atoms with Gasteiger partial charge < -0.3 is 50.8 Å². The van der Waals surface area contributed by atoms with Crippen molar-refractivity contribution >= 4 is 81.2 Å². The van der Waals surface area contributed by atoms with Crippen LogP contribution in [0.15, 0.2) is 223 Å². The van der Waals surface area contributed by atoms with Gasteiger partial charge in [0.25, 0.3) is 5.91 Å². The van der Waals surface area contributed by atoms with E-state index in [-0.39, 0.29) is 34.8 Å². The molecule has 12 rings (SSSR count). The van der Waals surface area contributed by atoms with Gasteiger partial charge in [0.2, 0.25) is 0 Å². The van der Waals surface area contributed by atoms with Crippen molar-refractivity contribution in [2.75, 3.05) is 96.8 Å². The van der Waals surface area contributed by atoms with Gasteiger partial charge in [-0.2, -0.15) is 5.26 Å². The monoisotopic (exact) mass is 1670 g/mol. The molecule has 25 heteroatoms. The fourth-order valence-corrected chi connectivity index (χ4v) is 11.8. The summed E-state index contributed by atoms with van der Waals surface area (Å²) in [5, 5.41) is 40.3. The number of tetrazole rings is 1. The van der Waals surface area contributed by atoms with E-state index in [1.807, 2.05) is 173 Å². The highest BCUT2D eigenvalue weighted by atomic mass is 35.5. The minimum atomic E-state index is -0.471. The highest BCUT2D eigenvalue weighted by Gasteiger charge is 2.18. The van der Waals surface area contributed by atoms with Crippen molar-refractivity contribution in [2.24, 2.45) is 7.05 Å². The number of nitriles is 1. The van der Waals surface area contributed by atoms with E-state index >= 15 is 0 Å². The minimum Gasteiger partial charge on any atom is -0.465 e. The van der Waals surface area contributed by atoms with E-state index < -0.39 is 11.8 Å². The largest absolute Gasteiger partial charge is 0.465 e. The number of thiazole rings is 1. The molecule has 0 unspecified atom stereocenters. The maximum atomic E-state index is 13.0. The number of ether oxygens (including phenoxy) is 4. The highest BCUT2D eigenvalue weighted by Crippen LogP contribution is 2.28. The van der Waals surface area contributed by atoms with E-state index in [2.05, 4.69) is 161 Å². The Kier molecular flexibility index (Phi) is 44.1. The fraction of sp³-hybridized carbons (Fsp3) is 0.274. The number of carbonyl (C=O) groups excluding carboxylic acids is 5. The maximum absolute atomic E-state index is 13.0. The molecular formula is C95H113ClFN13O9S. The van der Waals surface area contributed by atoms with Crippen LogP contribution in [0.1, 0.15) is 152 Å². The topological polar surface area (TPSA) is 288 Å². The van der Waals surface area contributed by atoms with Crippen molar-refractivity contribution in [1.82, 2.24) is 35.5 Å². The zero-order chi connectivity index (χ0) is 88.7. The summed E-state index contributed by atoms with van der Waals surface area (Å²) in [6.07, 6.45) is 7.02. The lowest BCUT2D eigenvalue weighted by molar-refractivity contribution is 0.0523. The molecule has 22 nitrogen and oxygen atoms in total. The van der Waals surface area contributed by atoms with Crippen LogP contribution in [0.2, 0.25) is 5.02 Å². The molecule has 6 N–H and O–H groups in total. The summed E-state index contributed by atoms with van der Waals surface area (Å²) >= 11 is 7.44. The smallest absolute Gasteiger partial charge is 0.338 e. The number of hydrogen-bond donors (Lipinski definition) is 6. The summed E-state index contributed by atoms with van der Waals surface area (Å²) in [5.74, 6) is -1.03. The Bertz CT molecular complexity index is 5160. The van der Waals surface area contributed by atoms with Crippen LogP contribution in [0.3, 0.4) is 0 Å². The third kappa shape index (κ3) is 34.6. The standard InChI is InChI=1S/C14H20O2.C12H12N2.C11H13FO2.C11H14O2.C10H11ClO2.C10H13N5.C10H10N2S.C9H12N2O.C8H8N2/c1-6-10-7-11(13(15)16-5)9-12(8-10)14(2,3)4;1-13-12-4-2-3-11(9-12)10-5-7-14-8-6-10;1-3-8-5-9(7-10(12)6-8)11(13)14-4-2;1-4-9-5-8(2)6-10(7-9)11(12)13-3;1-3-7-4-8(10(12)13-2)6-9(11)5-7;1-7-4-8(6-9(5-7)11-2)10-12-13-14-15(10)3;1-11-9-4-2-3-8(5-9)10-6-13-7-12-10;1-10-8-5-3-4-7(6-8)9(12)11-2;1-10-8-4-2-3-7(5-8)6-9/h7-9H,6H2,1-5H3;2-9,13H,1H3;5-7H,3-4H2,1-2H3;5-7H,4H2,1-3H3;4-6H,3H2,1-2H3;4-6,11H,1-3H3;2-7,11H,1H3;3-6,10H,1-2H3,(H,11,12);2-5,10H,1H3. The fourth-order valence-electron chi connectivity index (χ4n) is 11.0. The van der Waals surface area contributed by atoms with E-state index in [9.17, 15) is 28.4 Å². The SMILES string of the molecule is CCOC(=O)c1cc(F)cc(CC)c1.CCc1cc(C(=O)OC)cc(C(C)(C)C)c1.CCc1cc(C)cc(C(=O)OC)c1.CCc1cc(Cl)cc(C(=O)OC)c1.CNC(=O)c1cccc(NC)c1.CNc1cc(C)cc(-c2nnnn2C)c1.CNc1cccc(-c2ccncc2)c1.CNc1cccc(-c2cscn2)c1.CNc1cccc(C#N)c1. The maximum Gasteiger partial charge on any atom is 0.338 e. The van der Waals surface area contributed by atoms with Gasteiger partial charge in [0.05, 0.1) is 73.0 Å². The third-order valence-corrected chi connectivity index (χ3v) is 18.3. The zero-order valence-corrected chi connectivity index (χ0v) is 73.9. The van der Waals surface area contributed by atoms with Gasteiger partial charge in [-0.15, -0.1) is 16.4 Å². The molecular weight excluding hydrogens is 1550 g/mol. The number of nitrogens with zero attached hydrogens (tertiary/aromatic N) is 7. The average molecular weight is 1670 g/mol. The van der Waals surface area contributed by atoms with E-state index in [1.54, 1.807) is 84.8 Å². The lowest BCUT2D eigenvalue weighted by Crippen LogP contribution is -2.17. The van der Waals surface area contributed by atoms with E-state index in [0.29, 0.717) is 45.9 Å². The average Bonchev–Trinajstić information content (AvgIpc) is 1.83. The molecule has 0 atom stereocenters. The van der Waals surface area contributed by atoms with Gasteiger partial charge in [0.15, 0.2) is 5.82 Å². The molecule has 0 aliphatic carbocycles. The zero-order valence-electron chi connectivity index (χ0n) is 72.4. The third-order valence-electron chi connectivity index (χ3n) is 17.5. The molecule has 0 spiro atoms. The van der Waals surface area contributed by atoms with Crippen molar-refractivity contribution in [3.8, 4) is 39.8 Å². The van der Waals surface area contributed by atoms with Crippen LogP contribution in [0.4, 0.5) is 32.8 Å². The normalized spacial score (nSPS) is 9.91. The minimum absolute atomic E-state index is 0.0496. The molecule has 120 heavy (non-hydrogen) atoms. The Hall–Kier alpha value is -13.1. The van der Waals surface area contributed by atoms with Crippen LogP contribution in [0.5, 0.6) is 0 Å². The summed E-state index contributed by atoms with van der Waals surface area (Å²) in [6, 6.07) is 64.7. The number of aryl methyl sites for hydroxylation is 7. The van der Waals surface area contributed by atoms with Gasteiger partial charge in [-0.05, 0) is 258 Å². The van der Waals surface area contributed by atoms with Crippen LogP contribution < -0.4 is 31.9 Å². The van der Waals surface area contributed by atoms with Crippen LogP contribution in [0.25, 0.3) is 33.8 Å². The number of nitrogens with one attached hydrogen (secondary N) is 6. The Morgan fingerprint density at radius 1 is 0.500 bits per heavy atom. The molecule has 3 aromatic heterocycles. The van der Waals surface area contributed by atoms with E-state index in [1.165, 1.54) is 66.8 Å². The van der Waals surface area contributed by atoms with E-state index in [4.69, 9.17) is 26.3 Å². The second kappa shape index (κ2) is 53.3. The summed E-state index contributed by atoms with van der Waals surface area (Å²) in [4.78, 5) is 64.6. The van der Waals surface area contributed by atoms with Gasteiger partial charge in [-0.3, -0.25) is 9.78 Å². The second-order valence-electron chi connectivity index (χ2n) is 27.3. The van der Waals surface area contributed by atoms with Crippen LogP contribution in [-0.4, -0.2) is 130 Å².